The molecule has 2 heterocycles. The first-order valence-electron chi connectivity index (χ1n) is 11.4. The second kappa shape index (κ2) is 17.0. The number of rotatable bonds is 4. The maximum Gasteiger partial charge on any atom is -0.0252 e. The molecule has 0 spiro atoms. The summed E-state index contributed by atoms with van der Waals surface area (Å²) in [6, 6.07) is 10.8. The second-order valence-electron chi connectivity index (χ2n) is 8.70. The molecule has 1 saturated carbocycles. The van der Waals surface area contributed by atoms with E-state index in [1.54, 1.807) is 0 Å². The van der Waals surface area contributed by atoms with Crippen LogP contribution in [-0.4, -0.2) is 26.2 Å². The van der Waals surface area contributed by atoms with Gasteiger partial charge in [0.1, 0.15) is 0 Å². The number of hydrogen-bond donors (Lipinski definition) is 0. The van der Waals surface area contributed by atoms with Crippen molar-refractivity contribution in [3.8, 4) is 0 Å². The molecule has 4 rings (SSSR count). The van der Waals surface area contributed by atoms with Crippen LogP contribution in [0.2, 0.25) is 0 Å². The van der Waals surface area contributed by atoms with Crippen LogP contribution in [0, 0.1) is 17.8 Å². The fraction of sp³-hybridized carbons (Fsp3) is 0.750. The molecule has 0 aromatic heterocycles. The van der Waals surface area contributed by atoms with E-state index >= 15 is 0 Å². The minimum atomic E-state index is -0.472. The van der Waals surface area contributed by atoms with Crippen LogP contribution < -0.4 is 0 Å². The van der Waals surface area contributed by atoms with Crippen molar-refractivity contribution in [1.82, 2.24) is 0 Å². The third-order valence-corrected chi connectivity index (χ3v) is 6.54. The van der Waals surface area contributed by atoms with E-state index in [1.807, 2.05) is 0 Å². The minimum Gasteiger partial charge on any atom is -0.662 e. The summed E-state index contributed by atoms with van der Waals surface area (Å²) in [4.78, 5) is 0. The van der Waals surface area contributed by atoms with E-state index in [-0.39, 0.29) is 0 Å². The summed E-state index contributed by atoms with van der Waals surface area (Å²) in [6.45, 7) is 4.46. The summed E-state index contributed by atoms with van der Waals surface area (Å²) in [7, 11) is 9.75. The van der Waals surface area contributed by atoms with Gasteiger partial charge in [-0.1, -0.05) is 88.1 Å². The molecule has 168 valence electrons. The number of nitrogens with zero attached hydrogens (tertiary/aromatic N) is 2. The molecule has 2 nitrogen and oxygen atoms in total. The summed E-state index contributed by atoms with van der Waals surface area (Å²) in [5.41, 5.74) is 1.48. The predicted octanol–water partition coefficient (Wildman–Crippen LogP) is 8.13. The van der Waals surface area contributed by atoms with E-state index < -0.39 is 16.5 Å². The normalized spacial score (nSPS) is 21.6. The van der Waals surface area contributed by atoms with Gasteiger partial charge >= 0.3 is 35.3 Å². The fourth-order valence-electron chi connectivity index (χ4n) is 4.89. The second-order valence-corrected chi connectivity index (χ2v) is 12.0. The Hall–Kier alpha value is 0.408. The van der Waals surface area contributed by atoms with Crippen LogP contribution in [0.4, 0.5) is 0 Å². The third kappa shape index (κ3) is 12.1. The summed E-state index contributed by atoms with van der Waals surface area (Å²) in [5.74, 6) is 2.98. The molecule has 0 unspecified atom stereocenters. The number of benzene rings is 1. The Bertz CT molecular complexity index is 469. The van der Waals surface area contributed by atoms with E-state index in [2.05, 4.69) is 41.0 Å². The summed E-state index contributed by atoms with van der Waals surface area (Å²) in [5, 5.41) is 8.79. The smallest absolute Gasteiger partial charge is 0.0252 e. The van der Waals surface area contributed by atoms with Gasteiger partial charge in [0.2, 0.25) is 0 Å². The SMILES string of the molecule is C1CCC(CC2CC[N-]CC2)CC1.[Cl][Pt+2][Cl].c1ccc(CC2CC[N-]CC2)cc1. The standard InChI is InChI=1S/C12H22N.C12H16N.2ClH.Pt/c2*1-2-4-11(5-3-1)10-12-6-8-13-9-7-12;;;/h11-12H,1-10H2;1-5,12H,6-10H2;2*1H;/q2*-1;;;+4/p-2. The molecule has 0 radical (unpaired) electrons. The van der Waals surface area contributed by atoms with Crippen LogP contribution in [0.3, 0.4) is 0 Å². The van der Waals surface area contributed by atoms with Crippen LogP contribution in [0.1, 0.15) is 69.8 Å². The Kier molecular flexibility index (Phi) is 15.1. The van der Waals surface area contributed by atoms with Crippen molar-refractivity contribution in [3.63, 3.8) is 0 Å². The Labute approximate surface area is 195 Å². The first-order chi connectivity index (χ1) is 14.3. The van der Waals surface area contributed by atoms with Crippen molar-refractivity contribution in [3.05, 3.63) is 46.5 Å². The van der Waals surface area contributed by atoms with Gasteiger partial charge < -0.3 is 10.6 Å². The van der Waals surface area contributed by atoms with Crippen LogP contribution in [0.15, 0.2) is 30.3 Å². The first-order valence-corrected chi connectivity index (χ1v) is 17.1. The van der Waals surface area contributed by atoms with Crippen molar-refractivity contribution in [2.75, 3.05) is 26.2 Å². The van der Waals surface area contributed by atoms with Gasteiger partial charge in [0.15, 0.2) is 0 Å². The predicted molar refractivity (Wildman–Crippen MR) is 125 cm³/mol. The molecule has 0 amide bonds. The molecule has 29 heavy (non-hydrogen) atoms. The van der Waals surface area contributed by atoms with Gasteiger partial charge in [-0.05, 0) is 36.2 Å². The van der Waals surface area contributed by atoms with Crippen molar-refractivity contribution >= 4 is 18.8 Å². The van der Waals surface area contributed by atoms with Gasteiger partial charge in [-0.3, -0.25) is 0 Å². The largest absolute Gasteiger partial charge is 0.662 e. The molecule has 1 aromatic carbocycles. The Morgan fingerprint density at radius 2 is 1.17 bits per heavy atom. The maximum atomic E-state index is 4.88. The van der Waals surface area contributed by atoms with E-state index in [1.165, 1.54) is 76.2 Å². The number of piperidine rings is 2. The quantitative estimate of drug-likeness (QED) is 0.325. The summed E-state index contributed by atoms with van der Waals surface area (Å²) in [6.07, 6.45) is 15.7. The van der Waals surface area contributed by atoms with Crippen molar-refractivity contribution in [2.24, 2.45) is 17.8 Å². The van der Waals surface area contributed by atoms with Crippen molar-refractivity contribution in [1.29, 1.82) is 0 Å². The molecule has 5 heteroatoms. The Morgan fingerprint density at radius 1 is 0.690 bits per heavy atom. The molecule has 2 saturated heterocycles. The molecule has 0 atom stereocenters. The molecule has 1 aliphatic carbocycles. The Balaban J connectivity index is 0.000000183. The molecular formula is C24H38Cl2N2Pt. The number of halogens is 2. The maximum absolute atomic E-state index is 4.88. The van der Waals surface area contributed by atoms with E-state index in [0.717, 1.165) is 43.9 Å². The molecule has 2 aliphatic heterocycles. The minimum absolute atomic E-state index is 0.472. The molecule has 0 bridgehead atoms. The fourth-order valence-corrected chi connectivity index (χ4v) is 4.89. The average Bonchev–Trinajstić information content (AvgIpc) is 2.78. The van der Waals surface area contributed by atoms with Crippen LogP contribution >= 0.6 is 18.8 Å². The van der Waals surface area contributed by atoms with Gasteiger partial charge in [0.25, 0.3) is 0 Å². The van der Waals surface area contributed by atoms with Gasteiger partial charge in [-0.15, -0.1) is 26.2 Å². The molecule has 3 aliphatic rings. The monoisotopic (exact) mass is 619 g/mol. The molecule has 1 aromatic rings. The zero-order valence-electron chi connectivity index (χ0n) is 17.7. The summed E-state index contributed by atoms with van der Waals surface area (Å²) >= 11 is -0.472. The van der Waals surface area contributed by atoms with Crippen LogP contribution in [0.5, 0.6) is 0 Å². The Morgan fingerprint density at radius 3 is 1.72 bits per heavy atom. The topological polar surface area (TPSA) is 28.2 Å². The van der Waals surface area contributed by atoms with Gasteiger partial charge in [-0.2, -0.15) is 0 Å². The van der Waals surface area contributed by atoms with Gasteiger partial charge in [-0.25, -0.2) is 0 Å². The van der Waals surface area contributed by atoms with Crippen molar-refractivity contribution < 1.29 is 16.5 Å². The summed E-state index contributed by atoms with van der Waals surface area (Å²) < 4.78 is 0. The van der Waals surface area contributed by atoms with Gasteiger partial charge in [0.05, 0.1) is 0 Å². The number of hydrogen-bond acceptors (Lipinski definition) is 0. The average molecular weight is 621 g/mol. The van der Waals surface area contributed by atoms with E-state index in [9.17, 15) is 0 Å². The van der Waals surface area contributed by atoms with Crippen LogP contribution in [-0.2, 0) is 22.9 Å². The van der Waals surface area contributed by atoms with Crippen molar-refractivity contribution in [2.45, 2.75) is 70.6 Å². The molecule has 3 fully saturated rings. The first kappa shape index (κ1) is 25.7. The van der Waals surface area contributed by atoms with Crippen LogP contribution in [0.25, 0.3) is 10.6 Å². The third-order valence-electron chi connectivity index (χ3n) is 6.54. The molecule has 0 N–H and O–H groups in total. The van der Waals surface area contributed by atoms with E-state index in [4.69, 9.17) is 18.8 Å². The van der Waals surface area contributed by atoms with Gasteiger partial charge in [0, 0.05) is 0 Å². The zero-order chi connectivity index (χ0) is 20.6. The van der Waals surface area contributed by atoms with E-state index in [0.29, 0.717) is 0 Å². The molecular weight excluding hydrogens is 582 g/mol. The zero-order valence-corrected chi connectivity index (χ0v) is 21.5.